The normalized spacial score (nSPS) is 14.4. The summed E-state index contributed by atoms with van der Waals surface area (Å²) in [7, 11) is 3.61. The van der Waals surface area contributed by atoms with Crippen LogP contribution in [0.4, 0.5) is 0 Å². The molecule has 1 aliphatic rings. The van der Waals surface area contributed by atoms with E-state index in [4.69, 9.17) is 4.74 Å². The van der Waals surface area contributed by atoms with Crippen LogP contribution in [0.1, 0.15) is 30.1 Å². The third kappa shape index (κ3) is 5.60. The van der Waals surface area contributed by atoms with Crippen molar-refractivity contribution in [3.63, 3.8) is 0 Å². The van der Waals surface area contributed by atoms with Crippen LogP contribution in [0, 0.1) is 0 Å². The molecule has 1 saturated heterocycles. The van der Waals surface area contributed by atoms with Crippen LogP contribution in [0.3, 0.4) is 0 Å². The zero-order valence-electron chi connectivity index (χ0n) is 15.6. The Morgan fingerprint density at radius 2 is 2.07 bits per heavy atom. The SMILES string of the molecule is COc1ccccc1CNC(=O)CSc1nnc(C2CCNCC2)n1C.Cl. The van der Waals surface area contributed by atoms with E-state index in [9.17, 15) is 4.79 Å². The van der Waals surface area contributed by atoms with E-state index in [1.165, 1.54) is 11.8 Å². The van der Waals surface area contributed by atoms with Gasteiger partial charge in [0.2, 0.25) is 5.91 Å². The van der Waals surface area contributed by atoms with E-state index in [0.717, 1.165) is 48.2 Å². The smallest absolute Gasteiger partial charge is 0.230 e. The summed E-state index contributed by atoms with van der Waals surface area (Å²) in [5.41, 5.74) is 0.959. The molecule has 9 heteroatoms. The van der Waals surface area contributed by atoms with Gasteiger partial charge in [-0.2, -0.15) is 0 Å². The maximum atomic E-state index is 12.2. The fraction of sp³-hybridized carbons (Fsp3) is 0.500. The highest BCUT2D eigenvalue weighted by molar-refractivity contribution is 7.99. The van der Waals surface area contributed by atoms with E-state index in [1.54, 1.807) is 7.11 Å². The molecule has 0 bridgehead atoms. The number of rotatable bonds is 7. The summed E-state index contributed by atoms with van der Waals surface area (Å²) in [6.45, 7) is 2.49. The number of ether oxygens (including phenoxy) is 1. The molecule has 0 saturated carbocycles. The minimum atomic E-state index is -0.0349. The van der Waals surface area contributed by atoms with E-state index in [0.29, 0.717) is 18.2 Å². The van der Waals surface area contributed by atoms with Crippen molar-refractivity contribution in [2.75, 3.05) is 26.0 Å². The molecule has 1 amide bonds. The van der Waals surface area contributed by atoms with Crippen LogP contribution < -0.4 is 15.4 Å². The Kier molecular flexibility index (Phi) is 8.40. The van der Waals surface area contributed by atoms with Crippen molar-refractivity contribution in [3.05, 3.63) is 35.7 Å². The first kappa shape index (κ1) is 21.5. The van der Waals surface area contributed by atoms with Crippen molar-refractivity contribution >= 4 is 30.1 Å². The Hall–Kier alpha value is -1.77. The van der Waals surface area contributed by atoms with Gasteiger partial charge in [0.25, 0.3) is 0 Å². The lowest BCUT2D eigenvalue weighted by molar-refractivity contribution is -0.118. The van der Waals surface area contributed by atoms with Gasteiger partial charge in [0.15, 0.2) is 5.16 Å². The second-order valence-electron chi connectivity index (χ2n) is 6.30. The lowest BCUT2D eigenvalue weighted by atomic mass is 9.97. The van der Waals surface area contributed by atoms with E-state index in [1.807, 2.05) is 35.9 Å². The number of halogens is 1. The van der Waals surface area contributed by atoms with Gasteiger partial charge in [-0.3, -0.25) is 4.79 Å². The maximum absolute atomic E-state index is 12.2. The van der Waals surface area contributed by atoms with Gasteiger partial charge in [-0.1, -0.05) is 30.0 Å². The minimum Gasteiger partial charge on any atom is -0.496 e. The Bertz CT molecular complexity index is 749. The zero-order valence-corrected chi connectivity index (χ0v) is 17.2. The number of methoxy groups -OCH3 is 1. The Morgan fingerprint density at radius 3 is 2.81 bits per heavy atom. The number of para-hydroxylation sites is 1. The summed E-state index contributed by atoms with van der Waals surface area (Å²) in [4.78, 5) is 12.2. The molecule has 0 unspecified atom stereocenters. The largest absolute Gasteiger partial charge is 0.496 e. The van der Waals surface area contributed by atoms with Crippen LogP contribution in [0.25, 0.3) is 0 Å². The lowest BCUT2D eigenvalue weighted by Gasteiger charge is -2.21. The molecule has 1 aromatic heterocycles. The molecule has 148 valence electrons. The van der Waals surface area contributed by atoms with Gasteiger partial charge in [-0.15, -0.1) is 22.6 Å². The average molecular weight is 412 g/mol. The summed E-state index contributed by atoms with van der Waals surface area (Å²) < 4.78 is 7.32. The van der Waals surface area contributed by atoms with Crippen molar-refractivity contribution in [3.8, 4) is 5.75 Å². The minimum absolute atomic E-state index is 0. The number of thioether (sulfide) groups is 1. The fourth-order valence-corrected chi connectivity index (χ4v) is 3.86. The van der Waals surface area contributed by atoms with Crippen LogP contribution in [-0.4, -0.2) is 46.6 Å². The van der Waals surface area contributed by atoms with Gasteiger partial charge < -0.3 is 19.9 Å². The zero-order chi connectivity index (χ0) is 18.4. The van der Waals surface area contributed by atoms with Gasteiger partial charge >= 0.3 is 0 Å². The molecule has 1 fully saturated rings. The van der Waals surface area contributed by atoms with Crippen LogP contribution in [-0.2, 0) is 18.4 Å². The van der Waals surface area contributed by atoms with Gasteiger partial charge in [0, 0.05) is 25.1 Å². The molecule has 3 rings (SSSR count). The average Bonchev–Trinajstić information content (AvgIpc) is 3.06. The molecule has 0 spiro atoms. The van der Waals surface area contributed by atoms with Crippen LogP contribution in [0.15, 0.2) is 29.4 Å². The van der Waals surface area contributed by atoms with Gasteiger partial charge in [-0.25, -0.2) is 0 Å². The second-order valence-corrected chi connectivity index (χ2v) is 7.24. The van der Waals surface area contributed by atoms with E-state index in [2.05, 4.69) is 20.8 Å². The molecule has 1 aromatic carbocycles. The first-order chi connectivity index (χ1) is 12.7. The third-order valence-corrected chi connectivity index (χ3v) is 5.59. The number of carbonyl (C=O) groups is 1. The predicted octanol–water partition coefficient (Wildman–Crippen LogP) is 2.12. The van der Waals surface area contributed by atoms with Crippen LogP contribution in [0.2, 0.25) is 0 Å². The van der Waals surface area contributed by atoms with Crippen molar-refractivity contribution in [1.82, 2.24) is 25.4 Å². The highest BCUT2D eigenvalue weighted by Crippen LogP contribution is 2.26. The summed E-state index contributed by atoms with van der Waals surface area (Å²) in [6.07, 6.45) is 2.16. The van der Waals surface area contributed by atoms with Crippen molar-refractivity contribution < 1.29 is 9.53 Å². The molecule has 0 radical (unpaired) electrons. The summed E-state index contributed by atoms with van der Waals surface area (Å²) in [6, 6.07) is 7.67. The van der Waals surface area contributed by atoms with E-state index >= 15 is 0 Å². The Balaban J connectivity index is 0.00000261. The maximum Gasteiger partial charge on any atom is 0.230 e. The molecular formula is C18H26ClN5O2S. The number of aromatic nitrogens is 3. The molecule has 2 aromatic rings. The molecule has 2 heterocycles. The molecule has 0 atom stereocenters. The molecule has 2 N–H and O–H groups in total. The monoisotopic (exact) mass is 411 g/mol. The Morgan fingerprint density at radius 1 is 1.33 bits per heavy atom. The standard InChI is InChI=1S/C18H25N5O2S.ClH/c1-23-17(13-7-9-19-10-8-13)21-22-18(23)26-12-16(24)20-11-14-5-3-4-6-15(14)25-2;/h3-6,13,19H,7-12H2,1-2H3,(H,20,24);1H. The number of benzene rings is 1. The van der Waals surface area contributed by atoms with Crippen molar-refractivity contribution in [2.24, 2.45) is 7.05 Å². The lowest BCUT2D eigenvalue weighted by Crippen LogP contribution is -2.28. The number of carbonyl (C=O) groups excluding carboxylic acids is 1. The van der Waals surface area contributed by atoms with Crippen LogP contribution in [0.5, 0.6) is 5.75 Å². The number of amides is 1. The van der Waals surface area contributed by atoms with Crippen molar-refractivity contribution in [1.29, 1.82) is 0 Å². The predicted molar refractivity (Wildman–Crippen MR) is 109 cm³/mol. The first-order valence-corrected chi connectivity index (χ1v) is 9.79. The molecule has 0 aliphatic carbocycles. The Labute approximate surface area is 170 Å². The molecule has 27 heavy (non-hydrogen) atoms. The number of nitrogens with zero attached hydrogens (tertiary/aromatic N) is 3. The second kappa shape index (κ2) is 10.5. The number of nitrogens with one attached hydrogen (secondary N) is 2. The van der Waals surface area contributed by atoms with E-state index < -0.39 is 0 Å². The fourth-order valence-electron chi connectivity index (χ4n) is 3.11. The van der Waals surface area contributed by atoms with Gasteiger partial charge in [0.1, 0.15) is 11.6 Å². The number of hydrogen-bond donors (Lipinski definition) is 2. The quantitative estimate of drug-likeness (QED) is 0.679. The first-order valence-electron chi connectivity index (χ1n) is 8.80. The number of hydrogen-bond acceptors (Lipinski definition) is 6. The summed E-state index contributed by atoms with van der Waals surface area (Å²) in [5.74, 6) is 2.52. The molecule has 1 aliphatic heterocycles. The topological polar surface area (TPSA) is 81.1 Å². The van der Waals surface area contributed by atoms with Crippen molar-refractivity contribution in [2.45, 2.75) is 30.5 Å². The summed E-state index contributed by atoms with van der Waals surface area (Å²) in [5, 5.41) is 15.7. The highest BCUT2D eigenvalue weighted by atomic mass is 35.5. The van der Waals surface area contributed by atoms with E-state index in [-0.39, 0.29) is 18.3 Å². The molecule has 7 nitrogen and oxygen atoms in total. The number of piperidine rings is 1. The van der Waals surface area contributed by atoms with Gasteiger partial charge in [-0.05, 0) is 32.0 Å². The third-order valence-electron chi connectivity index (χ3n) is 4.57. The summed E-state index contributed by atoms with van der Waals surface area (Å²) >= 11 is 1.42. The molecular weight excluding hydrogens is 386 g/mol. The van der Waals surface area contributed by atoms with Crippen LogP contribution >= 0.6 is 24.2 Å². The highest BCUT2D eigenvalue weighted by Gasteiger charge is 2.22. The van der Waals surface area contributed by atoms with Gasteiger partial charge in [0.05, 0.1) is 12.9 Å².